The van der Waals surface area contributed by atoms with Gasteiger partial charge in [0.1, 0.15) is 0 Å². The number of nitrogens with zero attached hydrogens (tertiary/aromatic N) is 1. The second kappa shape index (κ2) is 5.43. The summed E-state index contributed by atoms with van der Waals surface area (Å²) in [6, 6.07) is 0. The van der Waals surface area contributed by atoms with Crippen LogP contribution in [0.3, 0.4) is 0 Å². The van der Waals surface area contributed by atoms with Crippen LogP contribution in [0.25, 0.3) is 0 Å². The molecule has 0 aliphatic carbocycles. The molecule has 1 aromatic heterocycles. The van der Waals surface area contributed by atoms with Crippen molar-refractivity contribution in [1.82, 2.24) is 4.98 Å². The molecule has 2 nitrogen and oxygen atoms in total. The van der Waals surface area contributed by atoms with Gasteiger partial charge >= 0.3 is 0 Å². The van der Waals surface area contributed by atoms with Crippen molar-refractivity contribution in [2.45, 2.75) is 20.8 Å². The zero-order chi connectivity index (χ0) is 8.85. The van der Waals surface area contributed by atoms with Crippen LogP contribution >= 0.6 is 27.3 Å². The Morgan fingerprint density at radius 2 is 2.18 bits per heavy atom. The number of carbonyl (C=O) groups is 1. The molecule has 0 spiro atoms. The number of Topliss-reactive ketones (excluding diaryl/α,β-unsaturated/α-hetero) is 1. The number of hydrogen-bond donors (Lipinski definition) is 0. The van der Waals surface area contributed by atoms with Gasteiger partial charge in [-0.3, -0.25) is 4.79 Å². The molecule has 0 aromatic carbocycles. The minimum absolute atomic E-state index is 0.0678. The van der Waals surface area contributed by atoms with E-state index in [4.69, 9.17) is 0 Å². The molecule has 62 valence electrons. The van der Waals surface area contributed by atoms with Crippen LogP contribution in [0.1, 0.15) is 30.4 Å². The van der Waals surface area contributed by atoms with Gasteiger partial charge in [-0.05, 0) is 15.9 Å². The van der Waals surface area contributed by atoms with Gasteiger partial charge < -0.3 is 0 Å². The van der Waals surface area contributed by atoms with Gasteiger partial charge in [-0.25, -0.2) is 4.98 Å². The van der Waals surface area contributed by atoms with Crippen molar-refractivity contribution in [2.75, 3.05) is 0 Å². The van der Waals surface area contributed by atoms with Gasteiger partial charge in [-0.2, -0.15) is 0 Å². The van der Waals surface area contributed by atoms with Crippen molar-refractivity contribution >= 4 is 33.0 Å². The maximum atomic E-state index is 10.6. The second-order valence-corrected chi connectivity index (χ2v) is 3.84. The van der Waals surface area contributed by atoms with Crippen LogP contribution < -0.4 is 0 Å². The lowest BCUT2D eigenvalue weighted by Gasteiger charge is -1.78. The SMILES string of the molecule is CC.CC(=O)c1cnc(Br)s1. The summed E-state index contributed by atoms with van der Waals surface area (Å²) in [6.45, 7) is 5.53. The molecular weight excluding hydrogens is 226 g/mol. The number of carbonyl (C=O) groups excluding carboxylic acids is 1. The molecule has 0 aliphatic heterocycles. The quantitative estimate of drug-likeness (QED) is 0.701. The Morgan fingerprint density at radius 3 is 2.36 bits per heavy atom. The van der Waals surface area contributed by atoms with E-state index in [0.29, 0.717) is 4.88 Å². The van der Waals surface area contributed by atoms with E-state index in [1.807, 2.05) is 13.8 Å². The molecule has 1 rings (SSSR count). The predicted molar refractivity (Wildman–Crippen MR) is 51.2 cm³/mol. The summed E-state index contributed by atoms with van der Waals surface area (Å²) < 4.78 is 0.757. The van der Waals surface area contributed by atoms with Crippen LogP contribution in [0.15, 0.2) is 10.1 Å². The highest BCUT2D eigenvalue weighted by atomic mass is 79.9. The van der Waals surface area contributed by atoms with Gasteiger partial charge in [0.2, 0.25) is 0 Å². The van der Waals surface area contributed by atoms with Crippen molar-refractivity contribution in [3.8, 4) is 0 Å². The normalized spacial score (nSPS) is 8.36. The Hall–Kier alpha value is -0.220. The van der Waals surface area contributed by atoms with Crippen LogP contribution in [-0.4, -0.2) is 10.8 Å². The lowest BCUT2D eigenvalue weighted by molar-refractivity contribution is 0.102. The van der Waals surface area contributed by atoms with Crippen molar-refractivity contribution < 1.29 is 4.79 Å². The van der Waals surface area contributed by atoms with E-state index in [-0.39, 0.29) is 5.78 Å². The van der Waals surface area contributed by atoms with E-state index < -0.39 is 0 Å². The van der Waals surface area contributed by atoms with E-state index >= 15 is 0 Å². The van der Waals surface area contributed by atoms with Crippen molar-refractivity contribution in [3.05, 3.63) is 15.0 Å². The van der Waals surface area contributed by atoms with Gasteiger partial charge in [-0.1, -0.05) is 13.8 Å². The van der Waals surface area contributed by atoms with Gasteiger partial charge in [0.15, 0.2) is 9.70 Å². The molecule has 11 heavy (non-hydrogen) atoms. The molecule has 1 aromatic rings. The maximum absolute atomic E-state index is 10.6. The Kier molecular flexibility index (Phi) is 5.32. The first kappa shape index (κ1) is 10.8. The van der Waals surface area contributed by atoms with Gasteiger partial charge in [0.25, 0.3) is 0 Å². The molecule has 0 amide bonds. The van der Waals surface area contributed by atoms with Crippen LogP contribution in [0.2, 0.25) is 0 Å². The molecule has 1 heterocycles. The summed E-state index contributed by atoms with van der Waals surface area (Å²) in [5, 5.41) is 0. The summed E-state index contributed by atoms with van der Waals surface area (Å²) in [7, 11) is 0. The highest BCUT2D eigenvalue weighted by Crippen LogP contribution is 2.18. The van der Waals surface area contributed by atoms with Crippen LogP contribution in [-0.2, 0) is 0 Å². The minimum atomic E-state index is 0.0678. The van der Waals surface area contributed by atoms with Crippen LogP contribution in [0.5, 0.6) is 0 Å². The molecule has 0 N–H and O–H groups in total. The summed E-state index contributed by atoms with van der Waals surface area (Å²) in [6.07, 6.45) is 1.57. The standard InChI is InChI=1S/C5H4BrNOS.C2H6/c1-3(8)4-2-7-5(6)9-4;1-2/h2H,1H3;1-2H3. The Morgan fingerprint density at radius 1 is 1.64 bits per heavy atom. The molecule has 0 saturated heterocycles. The number of thiazole rings is 1. The van der Waals surface area contributed by atoms with E-state index in [1.165, 1.54) is 18.3 Å². The number of halogens is 1. The highest BCUT2D eigenvalue weighted by Gasteiger charge is 2.01. The van der Waals surface area contributed by atoms with Gasteiger partial charge in [0.05, 0.1) is 11.1 Å². The molecular formula is C7H10BrNOS. The smallest absolute Gasteiger partial charge is 0.171 e. The fraction of sp³-hybridized carbons (Fsp3) is 0.429. The van der Waals surface area contributed by atoms with E-state index in [1.54, 1.807) is 6.20 Å². The number of hydrogen-bond acceptors (Lipinski definition) is 3. The Bertz CT molecular complexity index is 234. The van der Waals surface area contributed by atoms with E-state index in [9.17, 15) is 4.79 Å². The van der Waals surface area contributed by atoms with Crippen LogP contribution in [0.4, 0.5) is 0 Å². The fourth-order valence-corrected chi connectivity index (χ4v) is 1.58. The molecule has 0 fully saturated rings. The lowest BCUT2D eigenvalue weighted by Crippen LogP contribution is -1.83. The summed E-state index contributed by atoms with van der Waals surface area (Å²) >= 11 is 4.51. The topological polar surface area (TPSA) is 30.0 Å². The van der Waals surface area contributed by atoms with E-state index in [0.717, 1.165) is 3.92 Å². The van der Waals surface area contributed by atoms with Gasteiger partial charge in [-0.15, -0.1) is 11.3 Å². The summed E-state index contributed by atoms with van der Waals surface area (Å²) in [5.41, 5.74) is 0. The summed E-state index contributed by atoms with van der Waals surface area (Å²) in [4.78, 5) is 15.2. The minimum Gasteiger partial charge on any atom is -0.294 e. The molecule has 0 aliphatic rings. The molecule has 4 heteroatoms. The van der Waals surface area contributed by atoms with E-state index in [2.05, 4.69) is 20.9 Å². The first-order valence-corrected chi connectivity index (χ1v) is 4.93. The first-order valence-electron chi connectivity index (χ1n) is 3.32. The molecule has 0 radical (unpaired) electrons. The zero-order valence-corrected chi connectivity index (χ0v) is 9.12. The maximum Gasteiger partial charge on any atom is 0.171 e. The van der Waals surface area contributed by atoms with Crippen molar-refractivity contribution in [2.24, 2.45) is 0 Å². The highest BCUT2D eigenvalue weighted by molar-refractivity contribution is 9.11. The molecule has 0 atom stereocenters. The summed E-state index contributed by atoms with van der Waals surface area (Å²) in [5.74, 6) is 0.0678. The van der Waals surface area contributed by atoms with Crippen molar-refractivity contribution in [3.63, 3.8) is 0 Å². The Labute approximate surface area is 78.8 Å². The monoisotopic (exact) mass is 235 g/mol. The average molecular weight is 236 g/mol. The largest absolute Gasteiger partial charge is 0.294 e. The predicted octanol–water partition coefficient (Wildman–Crippen LogP) is 3.13. The number of aromatic nitrogens is 1. The van der Waals surface area contributed by atoms with Crippen LogP contribution in [0, 0.1) is 0 Å². The third-order valence-corrected chi connectivity index (χ3v) is 2.40. The first-order chi connectivity index (χ1) is 5.20. The molecule has 0 saturated carbocycles. The zero-order valence-electron chi connectivity index (χ0n) is 6.72. The lowest BCUT2D eigenvalue weighted by atomic mass is 10.4. The van der Waals surface area contributed by atoms with Gasteiger partial charge in [0, 0.05) is 6.92 Å². The third-order valence-electron chi connectivity index (χ3n) is 0.824. The second-order valence-electron chi connectivity index (χ2n) is 1.53. The average Bonchev–Trinajstić information content (AvgIpc) is 2.40. The molecule has 0 bridgehead atoms. The Balaban J connectivity index is 0.000000461. The number of ketones is 1. The number of rotatable bonds is 1. The third kappa shape index (κ3) is 3.62. The fourth-order valence-electron chi connectivity index (χ4n) is 0.416. The van der Waals surface area contributed by atoms with Crippen molar-refractivity contribution in [1.29, 1.82) is 0 Å². The molecule has 0 unspecified atom stereocenters.